The summed E-state index contributed by atoms with van der Waals surface area (Å²) in [6.07, 6.45) is 2.05. The number of carbonyl (C=O) groups is 1. The van der Waals surface area contributed by atoms with Crippen LogP contribution in [0.15, 0.2) is 42.5 Å². The summed E-state index contributed by atoms with van der Waals surface area (Å²) < 4.78 is 12.5. The molecule has 1 aliphatic rings. The van der Waals surface area contributed by atoms with Gasteiger partial charge in [-0.3, -0.25) is 9.69 Å². The maximum Gasteiger partial charge on any atom is 0.260 e. The zero-order chi connectivity index (χ0) is 19.5. The second-order valence-electron chi connectivity index (χ2n) is 6.95. The van der Waals surface area contributed by atoms with E-state index in [2.05, 4.69) is 0 Å². The minimum Gasteiger partial charge on any atom is -0.492 e. The second kappa shape index (κ2) is 8.29. The van der Waals surface area contributed by atoms with Gasteiger partial charge in [-0.1, -0.05) is 35.1 Å². The molecule has 0 saturated carbocycles. The van der Waals surface area contributed by atoms with E-state index in [0.717, 1.165) is 41.0 Å². The monoisotopic (exact) mass is 396 g/mol. The number of carbonyl (C=O) groups excluding carboxylic acids is 1. The Balaban J connectivity index is 1.73. The van der Waals surface area contributed by atoms with E-state index < -0.39 is 0 Å². The Morgan fingerprint density at radius 2 is 2.18 bits per heavy atom. The maximum atomic E-state index is 13.4. The van der Waals surface area contributed by atoms with E-state index in [1.165, 1.54) is 11.3 Å². The summed E-state index contributed by atoms with van der Waals surface area (Å²) in [5.41, 5.74) is 2.53. The van der Waals surface area contributed by atoms with Crippen molar-refractivity contribution in [1.29, 1.82) is 0 Å². The SMILES string of the molecule is CCOc1cccc2sc(N(CC3CCCO3)C(=O)c3cccc(C)c3)nc12. The molecule has 3 aromatic rings. The van der Waals surface area contributed by atoms with Crippen LogP contribution in [-0.4, -0.2) is 36.8 Å². The fourth-order valence-electron chi connectivity index (χ4n) is 3.47. The zero-order valence-corrected chi connectivity index (χ0v) is 17.0. The number of hydrogen-bond acceptors (Lipinski definition) is 5. The van der Waals surface area contributed by atoms with Gasteiger partial charge < -0.3 is 9.47 Å². The maximum absolute atomic E-state index is 13.4. The predicted octanol–water partition coefficient (Wildman–Crippen LogP) is 4.83. The lowest BCUT2D eigenvalue weighted by atomic mass is 10.1. The summed E-state index contributed by atoms with van der Waals surface area (Å²) in [7, 11) is 0. The highest BCUT2D eigenvalue weighted by Crippen LogP contribution is 2.35. The van der Waals surface area contributed by atoms with Gasteiger partial charge in [-0.15, -0.1) is 0 Å². The Bertz CT molecular complexity index is 979. The molecule has 28 heavy (non-hydrogen) atoms. The summed E-state index contributed by atoms with van der Waals surface area (Å²) in [6.45, 7) is 5.79. The lowest BCUT2D eigenvalue weighted by Crippen LogP contribution is -2.37. The van der Waals surface area contributed by atoms with Gasteiger partial charge in [0.25, 0.3) is 5.91 Å². The number of fused-ring (bicyclic) bond motifs is 1. The molecule has 2 aromatic carbocycles. The normalized spacial score (nSPS) is 16.4. The molecule has 1 unspecified atom stereocenters. The van der Waals surface area contributed by atoms with Crippen molar-refractivity contribution in [2.75, 3.05) is 24.7 Å². The molecule has 2 heterocycles. The summed E-state index contributed by atoms with van der Waals surface area (Å²) in [5, 5.41) is 0.684. The Morgan fingerprint density at radius 1 is 1.32 bits per heavy atom. The highest BCUT2D eigenvalue weighted by Gasteiger charge is 2.27. The van der Waals surface area contributed by atoms with Crippen LogP contribution in [0.1, 0.15) is 35.7 Å². The first-order chi connectivity index (χ1) is 13.7. The molecular formula is C22H24N2O3S. The van der Waals surface area contributed by atoms with Crippen molar-refractivity contribution >= 4 is 32.6 Å². The molecule has 1 fully saturated rings. The van der Waals surface area contributed by atoms with Crippen molar-refractivity contribution in [1.82, 2.24) is 4.98 Å². The molecule has 146 valence electrons. The highest BCUT2D eigenvalue weighted by molar-refractivity contribution is 7.22. The number of anilines is 1. The van der Waals surface area contributed by atoms with Crippen molar-refractivity contribution in [2.24, 2.45) is 0 Å². The number of ether oxygens (including phenoxy) is 2. The molecule has 1 saturated heterocycles. The molecule has 0 spiro atoms. The van der Waals surface area contributed by atoms with Crippen LogP contribution >= 0.6 is 11.3 Å². The Hall–Kier alpha value is -2.44. The van der Waals surface area contributed by atoms with E-state index in [1.807, 2.05) is 56.3 Å². The van der Waals surface area contributed by atoms with Gasteiger partial charge in [0.2, 0.25) is 0 Å². The van der Waals surface area contributed by atoms with E-state index in [0.29, 0.717) is 23.8 Å². The largest absolute Gasteiger partial charge is 0.492 e. The van der Waals surface area contributed by atoms with Crippen LogP contribution in [0.2, 0.25) is 0 Å². The van der Waals surface area contributed by atoms with Crippen molar-refractivity contribution in [3.8, 4) is 5.75 Å². The molecule has 1 amide bonds. The number of amides is 1. The van der Waals surface area contributed by atoms with Gasteiger partial charge in [-0.25, -0.2) is 4.98 Å². The molecule has 4 rings (SSSR count). The fraction of sp³-hybridized carbons (Fsp3) is 0.364. The number of nitrogens with zero attached hydrogens (tertiary/aromatic N) is 2. The van der Waals surface area contributed by atoms with Crippen LogP contribution in [0.4, 0.5) is 5.13 Å². The number of rotatable bonds is 6. The number of aryl methyl sites for hydroxylation is 1. The number of para-hydroxylation sites is 1. The Kier molecular flexibility index (Phi) is 5.59. The van der Waals surface area contributed by atoms with Crippen LogP contribution in [0.3, 0.4) is 0 Å². The third-order valence-corrected chi connectivity index (χ3v) is 5.87. The first-order valence-corrected chi connectivity index (χ1v) is 10.5. The van der Waals surface area contributed by atoms with E-state index in [1.54, 1.807) is 4.90 Å². The van der Waals surface area contributed by atoms with Crippen LogP contribution < -0.4 is 9.64 Å². The minimum absolute atomic E-state index is 0.0452. The van der Waals surface area contributed by atoms with Gasteiger partial charge in [-0.2, -0.15) is 0 Å². The summed E-state index contributed by atoms with van der Waals surface area (Å²) in [5.74, 6) is 0.707. The molecule has 0 bridgehead atoms. The smallest absolute Gasteiger partial charge is 0.260 e. The molecule has 0 N–H and O–H groups in total. The summed E-state index contributed by atoms with van der Waals surface area (Å²) in [6, 6.07) is 13.6. The summed E-state index contributed by atoms with van der Waals surface area (Å²) in [4.78, 5) is 19.9. The predicted molar refractivity (Wildman–Crippen MR) is 113 cm³/mol. The van der Waals surface area contributed by atoms with Gasteiger partial charge in [0.1, 0.15) is 11.3 Å². The van der Waals surface area contributed by atoms with E-state index >= 15 is 0 Å². The van der Waals surface area contributed by atoms with Crippen molar-refractivity contribution in [2.45, 2.75) is 32.8 Å². The minimum atomic E-state index is -0.0452. The molecule has 0 radical (unpaired) electrons. The molecular weight excluding hydrogens is 372 g/mol. The summed E-state index contributed by atoms with van der Waals surface area (Å²) >= 11 is 1.51. The van der Waals surface area contributed by atoms with Crippen LogP contribution in [-0.2, 0) is 4.74 Å². The van der Waals surface area contributed by atoms with Gasteiger partial charge in [0.15, 0.2) is 5.13 Å². The number of aromatic nitrogens is 1. The van der Waals surface area contributed by atoms with Gasteiger partial charge in [0, 0.05) is 12.2 Å². The number of hydrogen-bond donors (Lipinski definition) is 0. The molecule has 5 nitrogen and oxygen atoms in total. The van der Waals surface area contributed by atoms with Crippen LogP contribution in [0, 0.1) is 6.92 Å². The van der Waals surface area contributed by atoms with E-state index in [4.69, 9.17) is 14.5 Å². The molecule has 1 atom stereocenters. The first kappa shape index (κ1) is 18.9. The molecule has 1 aliphatic heterocycles. The fourth-order valence-corrected chi connectivity index (χ4v) is 4.46. The van der Waals surface area contributed by atoms with Crippen molar-refractivity contribution in [3.05, 3.63) is 53.6 Å². The third-order valence-electron chi connectivity index (χ3n) is 4.82. The molecule has 1 aromatic heterocycles. The second-order valence-corrected chi connectivity index (χ2v) is 7.96. The number of thiazole rings is 1. The zero-order valence-electron chi connectivity index (χ0n) is 16.2. The van der Waals surface area contributed by atoms with E-state index in [-0.39, 0.29) is 12.0 Å². The number of benzene rings is 2. The highest BCUT2D eigenvalue weighted by atomic mass is 32.1. The standard InChI is InChI=1S/C22H24N2O3S/c1-3-26-18-10-5-11-19-20(18)23-22(28-19)24(14-17-9-6-12-27-17)21(25)16-8-4-7-15(2)13-16/h4-5,7-8,10-11,13,17H,3,6,9,12,14H2,1-2H3. The molecule has 0 aliphatic carbocycles. The Labute approximate surface area is 168 Å². The lowest BCUT2D eigenvalue weighted by Gasteiger charge is -2.23. The topological polar surface area (TPSA) is 51.7 Å². The lowest BCUT2D eigenvalue weighted by molar-refractivity contribution is 0.0917. The van der Waals surface area contributed by atoms with Gasteiger partial charge in [0.05, 0.1) is 24.0 Å². The van der Waals surface area contributed by atoms with Crippen LogP contribution in [0.25, 0.3) is 10.2 Å². The molecule has 6 heteroatoms. The average molecular weight is 397 g/mol. The first-order valence-electron chi connectivity index (χ1n) is 9.68. The van der Waals surface area contributed by atoms with Crippen LogP contribution in [0.5, 0.6) is 5.75 Å². The quantitative estimate of drug-likeness (QED) is 0.599. The van der Waals surface area contributed by atoms with E-state index in [9.17, 15) is 4.79 Å². The van der Waals surface area contributed by atoms with Gasteiger partial charge >= 0.3 is 0 Å². The Morgan fingerprint density at radius 3 is 2.93 bits per heavy atom. The third kappa shape index (κ3) is 3.88. The van der Waals surface area contributed by atoms with Crippen molar-refractivity contribution < 1.29 is 14.3 Å². The van der Waals surface area contributed by atoms with Gasteiger partial charge in [-0.05, 0) is 51.0 Å². The van der Waals surface area contributed by atoms with Crippen molar-refractivity contribution in [3.63, 3.8) is 0 Å². The average Bonchev–Trinajstić information content (AvgIpc) is 3.36.